The van der Waals surface area contributed by atoms with Gasteiger partial charge in [-0.05, 0) is 43.7 Å². The van der Waals surface area contributed by atoms with Crippen molar-refractivity contribution in [2.75, 3.05) is 14.2 Å². The van der Waals surface area contributed by atoms with E-state index in [1.165, 1.54) is 6.92 Å². The monoisotopic (exact) mass is 302 g/mol. The molecule has 0 bridgehead atoms. The van der Waals surface area contributed by atoms with E-state index in [1.54, 1.807) is 39.3 Å². The minimum atomic E-state index is -0.426. The molecule has 118 valence electrons. The Hall–Kier alpha value is -2.33. The number of carbonyl (C=O) groups is 1. The summed E-state index contributed by atoms with van der Waals surface area (Å²) in [6, 6.07) is 14.5. The minimum absolute atomic E-state index is 0.0592. The fourth-order valence-corrected chi connectivity index (χ4v) is 1.74. The highest BCUT2D eigenvalue weighted by atomic mass is 16.5. The Kier molecular flexibility index (Phi) is 7.13. The fraction of sp³-hybridized carbons (Fsp3) is 0.278. The van der Waals surface area contributed by atoms with Crippen LogP contribution in [0.25, 0.3) is 0 Å². The van der Waals surface area contributed by atoms with Gasteiger partial charge in [0.1, 0.15) is 11.5 Å². The molecule has 1 unspecified atom stereocenters. The van der Waals surface area contributed by atoms with Crippen LogP contribution in [0.3, 0.4) is 0 Å². The SMILES string of the molecule is COc1cccc(C(C)=O)c1.COc1cccc(C(C)O)c1. The standard InChI is InChI=1S/C9H12O2.C9H10O2/c2*1-7(10)8-4-3-5-9(6-8)11-2/h3-7,10H,1-2H3;3-6H,1-2H3. The average molecular weight is 302 g/mol. The molecule has 0 aliphatic rings. The van der Waals surface area contributed by atoms with Crippen molar-refractivity contribution in [2.24, 2.45) is 0 Å². The molecule has 0 aromatic heterocycles. The van der Waals surface area contributed by atoms with Crippen molar-refractivity contribution in [2.45, 2.75) is 20.0 Å². The van der Waals surface area contributed by atoms with E-state index in [1.807, 2.05) is 30.3 Å². The maximum atomic E-state index is 10.9. The molecular formula is C18H22O4. The highest BCUT2D eigenvalue weighted by molar-refractivity contribution is 5.94. The van der Waals surface area contributed by atoms with Gasteiger partial charge in [-0.15, -0.1) is 0 Å². The zero-order valence-electron chi connectivity index (χ0n) is 13.4. The van der Waals surface area contributed by atoms with Gasteiger partial charge < -0.3 is 14.6 Å². The number of ketones is 1. The third kappa shape index (κ3) is 5.58. The lowest BCUT2D eigenvalue weighted by Gasteiger charge is -2.05. The molecule has 2 rings (SSSR count). The van der Waals surface area contributed by atoms with Crippen LogP contribution in [-0.2, 0) is 0 Å². The molecule has 22 heavy (non-hydrogen) atoms. The van der Waals surface area contributed by atoms with Gasteiger partial charge in [0.05, 0.1) is 20.3 Å². The molecule has 4 nitrogen and oxygen atoms in total. The van der Waals surface area contributed by atoms with Crippen molar-refractivity contribution in [3.05, 3.63) is 59.7 Å². The summed E-state index contributed by atoms with van der Waals surface area (Å²) in [5.41, 5.74) is 1.56. The highest BCUT2D eigenvalue weighted by Crippen LogP contribution is 2.17. The molecule has 2 aromatic carbocycles. The summed E-state index contributed by atoms with van der Waals surface area (Å²) in [5.74, 6) is 1.56. The Labute approximate surface area is 131 Å². The van der Waals surface area contributed by atoms with E-state index in [9.17, 15) is 9.90 Å². The van der Waals surface area contributed by atoms with Crippen LogP contribution in [0, 0.1) is 0 Å². The lowest BCUT2D eigenvalue weighted by atomic mass is 10.1. The summed E-state index contributed by atoms with van der Waals surface area (Å²) in [6.45, 7) is 3.27. The maximum Gasteiger partial charge on any atom is 0.159 e. The zero-order valence-corrected chi connectivity index (χ0v) is 13.4. The first kappa shape index (κ1) is 17.7. The number of aliphatic hydroxyl groups is 1. The van der Waals surface area contributed by atoms with E-state index in [4.69, 9.17) is 9.47 Å². The van der Waals surface area contributed by atoms with Crippen molar-refractivity contribution in [1.29, 1.82) is 0 Å². The summed E-state index contributed by atoms with van der Waals surface area (Å²) in [7, 11) is 3.19. The van der Waals surface area contributed by atoms with Gasteiger partial charge in [-0.1, -0.05) is 24.3 Å². The maximum absolute atomic E-state index is 10.9. The highest BCUT2D eigenvalue weighted by Gasteiger charge is 2.00. The lowest BCUT2D eigenvalue weighted by Crippen LogP contribution is -1.92. The van der Waals surface area contributed by atoms with E-state index in [0.29, 0.717) is 5.56 Å². The summed E-state index contributed by atoms with van der Waals surface area (Å²) in [5, 5.41) is 9.19. The quantitative estimate of drug-likeness (QED) is 0.876. The van der Waals surface area contributed by atoms with E-state index < -0.39 is 6.10 Å². The van der Waals surface area contributed by atoms with E-state index >= 15 is 0 Å². The van der Waals surface area contributed by atoms with Gasteiger partial charge in [-0.2, -0.15) is 0 Å². The number of hydrogen-bond donors (Lipinski definition) is 1. The van der Waals surface area contributed by atoms with Crippen molar-refractivity contribution < 1.29 is 19.4 Å². The number of rotatable bonds is 4. The van der Waals surface area contributed by atoms with E-state index in [2.05, 4.69) is 0 Å². The molecule has 0 heterocycles. The Morgan fingerprint density at radius 2 is 1.55 bits per heavy atom. The Bertz CT molecular complexity index is 606. The first-order valence-corrected chi connectivity index (χ1v) is 6.95. The molecule has 0 aliphatic carbocycles. The van der Waals surface area contributed by atoms with Crippen LogP contribution in [-0.4, -0.2) is 25.1 Å². The summed E-state index contributed by atoms with van der Waals surface area (Å²) >= 11 is 0. The van der Waals surface area contributed by atoms with E-state index in [0.717, 1.165) is 17.1 Å². The van der Waals surface area contributed by atoms with Crippen molar-refractivity contribution in [1.82, 2.24) is 0 Å². The van der Waals surface area contributed by atoms with Gasteiger partial charge >= 0.3 is 0 Å². The van der Waals surface area contributed by atoms with Crippen LogP contribution >= 0.6 is 0 Å². The third-order valence-corrected chi connectivity index (χ3v) is 3.05. The summed E-state index contributed by atoms with van der Waals surface area (Å²) in [6.07, 6.45) is -0.426. The number of hydrogen-bond acceptors (Lipinski definition) is 4. The summed E-state index contributed by atoms with van der Waals surface area (Å²) < 4.78 is 9.95. The Morgan fingerprint density at radius 1 is 1.00 bits per heavy atom. The molecule has 0 saturated heterocycles. The third-order valence-electron chi connectivity index (χ3n) is 3.05. The Morgan fingerprint density at radius 3 is 2.05 bits per heavy atom. The number of benzene rings is 2. The van der Waals surface area contributed by atoms with Crippen LogP contribution in [0.4, 0.5) is 0 Å². The second kappa shape index (κ2) is 8.85. The molecule has 0 aliphatic heterocycles. The van der Waals surface area contributed by atoms with Crippen LogP contribution < -0.4 is 9.47 Å². The molecule has 4 heteroatoms. The summed E-state index contributed by atoms with van der Waals surface area (Å²) in [4.78, 5) is 10.9. The minimum Gasteiger partial charge on any atom is -0.497 e. The fourth-order valence-electron chi connectivity index (χ4n) is 1.74. The molecule has 0 fully saturated rings. The number of carbonyl (C=O) groups excluding carboxylic acids is 1. The number of methoxy groups -OCH3 is 2. The normalized spacial score (nSPS) is 11.0. The average Bonchev–Trinajstić information content (AvgIpc) is 2.55. The van der Waals surface area contributed by atoms with Gasteiger partial charge in [0, 0.05) is 5.56 Å². The van der Waals surface area contributed by atoms with Gasteiger partial charge in [0.2, 0.25) is 0 Å². The molecule has 0 saturated carbocycles. The van der Waals surface area contributed by atoms with Crippen LogP contribution in [0.15, 0.2) is 48.5 Å². The van der Waals surface area contributed by atoms with Gasteiger partial charge in [0.25, 0.3) is 0 Å². The zero-order chi connectivity index (χ0) is 16.5. The molecular weight excluding hydrogens is 280 g/mol. The molecule has 1 atom stereocenters. The van der Waals surface area contributed by atoms with Gasteiger partial charge in [-0.3, -0.25) is 4.79 Å². The lowest BCUT2D eigenvalue weighted by molar-refractivity contribution is 0.101. The van der Waals surface area contributed by atoms with Crippen molar-refractivity contribution >= 4 is 5.78 Å². The van der Waals surface area contributed by atoms with E-state index in [-0.39, 0.29) is 5.78 Å². The topological polar surface area (TPSA) is 55.8 Å². The van der Waals surface area contributed by atoms with Gasteiger partial charge in [0.15, 0.2) is 5.78 Å². The second-order valence-corrected chi connectivity index (χ2v) is 4.74. The van der Waals surface area contributed by atoms with Crippen LogP contribution in [0.5, 0.6) is 11.5 Å². The second-order valence-electron chi connectivity index (χ2n) is 4.74. The molecule has 2 aromatic rings. The number of Topliss-reactive ketones (excluding diaryl/α,β-unsaturated/α-hetero) is 1. The van der Waals surface area contributed by atoms with Crippen molar-refractivity contribution in [3.8, 4) is 11.5 Å². The number of aliphatic hydroxyl groups excluding tert-OH is 1. The smallest absolute Gasteiger partial charge is 0.159 e. The molecule has 0 spiro atoms. The molecule has 0 amide bonds. The Balaban J connectivity index is 0.000000220. The van der Waals surface area contributed by atoms with Crippen LogP contribution in [0.2, 0.25) is 0 Å². The first-order valence-electron chi connectivity index (χ1n) is 6.95. The predicted molar refractivity (Wildman–Crippen MR) is 86.6 cm³/mol. The molecule has 1 N–H and O–H groups in total. The van der Waals surface area contributed by atoms with Gasteiger partial charge in [-0.25, -0.2) is 0 Å². The number of ether oxygens (including phenoxy) is 2. The molecule has 0 radical (unpaired) electrons. The predicted octanol–water partition coefficient (Wildman–Crippen LogP) is 3.65. The van der Waals surface area contributed by atoms with Crippen LogP contribution in [0.1, 0.15) is 35.9 Å². The first-order chi connectivity index (χ1) is 10.5. The largest absolute Gasteiger partial charge is 0.497 e. The van der Waals surface area contributed by atoms with Crippen molar-refractivity contribution in [3.63, 3.8) is 0 Å².